The van der Waals surface area contributed by atoms with Gasteiger partial charge in [0.1, 0.15) is 48.3 Å². The standard InChI is InChI=1S/C68H77N13O23/c1-36(2)60(61(69)97)80-68(104)43(26-38-15-7-4-8-16-38)76-63(99)42(25-37-13-5-3-6-14-37)75-66(102)47(30-58(93)94)79-67(103)48(31-59(95)96)78-65(101)46(29-57(91)92)74-53(85)34-71-51(83)32-70-52(84)33-72-62(98)44(27-55(87)88)77-64(100)45(28-56(89)90)73-50(82)23-24-54(86)81-35-41-19-10-9-17-39(41)21-22-40-18-11-12-20-49(40)81/h3-20,36,42-48,60H,23-35H2,1-2H3,(H2,69,97)(H,70,84)(H,71,83)(H,72,98)(H,73,82)(H,74,85)(H,75,102)(H,76,99)(H,77,100)(H,78,101)(H,79,103)(H,80,104)(H,87,88)(H,89,90)(H,91,92)(H,93,94)(H,95,96)/t42-,43-,44-,45-,46-,47-,48-,60-/m0/s1. The molecule has 36 nitrogen and oxygen atoms in total. The lowest BCUT2D eigenvalue weighted by atomic mass is 10.00. The van der Waals surface area contributed by atoms with Gasteiger partial charge in [-0.3, -0.25) is 86.3 Å². The Hall–Kier alpha value is -13.1. The van der Waals surface area contributed by atoms with E-state index in [1.807, 2.05) is 37.2 Å². The number of para-hydroxylation sites is 1. The third kappa shape index (κ3) is 27.5. The van der Waals surface area contributed by atoms with Gasteiger partial charge in [0, 0.05) is 36.8 Å². The highest BCUT2D eigenvalue weighted by molar-refractivity contribution is 6.02. The number of carbonyl (C=O) groups excluding carboxylic acids is 13. The molecule has 0 aromatic heterocycles. The van der Waals surface area contributed by atoms with Gasteiger partial charge in [-0.2, -0.15) is 0 Å². The molecule has 0 unspecified atom stereocenters. The van der Waals surface area contributed by atoms with Crippen LogP contribution in [-0.2, 0) is 106 Å². The molecule has 1 heterocycles. The fourth-order valence-corrected chi connectivity index (χ4v) is 10.1. The maximum absolute atomic E-state index is 14.3. The summed E-state index contributed by atoms with van der Waals surface area (Å²) in [6.07, 6.45) is -7.52. The van der Waals surface area contributed by atoms with Gasteiger partial charge in [0.25, 0.3) is 0 Å². The van der Waals surface area contributed by atoms with Crippen molar-refractivity contribution in [2.24, 2.45) is 11.7 Å². The summed E-state index contributed by atoms with van der Waals surface area (Å²) in [5.74, 6) is -17.9. The van der Waals surface area contributed by atoms with E-state index in [0.29, 0.717) is 33.5 Å². The van der Waals surface area contributed by atoms with Crippen LogP contribution in [0, 0.1) is 17.8 Å². The van der Waals surface area contributed by atoms with Crippen molar-refractivity contribution in [3.05, 3.63) is 137 Å². The minimum absolute atomic E-state index is 0.0809. The van der Waals surface area contributed by atoms with Crippen molar-refractivity contribution in [3.63, 3.8) is 0 Å². The number of amides is 13. The van der Waals surface area contributed by atoms with Crippen molar-refractivity contribution in [1.82, 2.24) is 58.5 Å². The van der Waals surface area contributed by atoms with E-state index < -0.39 is 225 Å². The Morgan fingerprint density at radius 2 is 0.731 bits per heavy atom. The number of aliphatic carboxylic acids is 5. The molecular formula is C68H77N13O23. The van der Waals surface area contributed by atoms with Crippen molar-refractivity contribution < 1.29 is 112 Å². The van der Waals surface area contributed by atoms with Crippen LogP contribution in [0.5, 0.6) is 0 Å². The second-order valence-electron chi connectivity index (χ2n) is 23.7. The van der Waals surface area contributed by atoms with E-state index in [1.54, 1.807) is 123 Å². The Labute approximate surface area is 592 Å². The highest BCUT2D eigenvalue weighted by atomic mass is 16.4. The maximum Gasteiger partial charge on any atom is 0.305 e. The van der Waals surface area contributed by atoms with Crippen LogP contribution in [0.1, 0.15) is 86.6 Å². The van der Waals surface area contributed by atoms with Crippen LogP contribution in [0.15, 0.2) is 109 Å². The molecule has 0 saturated carbocycles. The Kier molecular flexibility index (Phi) is 31.6. The molecule has 5 rings (SSSR count). The van der Waals surface area contributed by atoms with Gasteiger partial charge in [-0.1, -0.05) is 117 Å². The van der Waals surface area contributed by atoms with Crippen LogP contribution in [-0.4, -0.2) is 200 Å². The van der Waals surface area contributed by atoms with E-state index >= 15 is 0 Å². The molecule has 36 heteroatoms. The van der Waals surface area contributed by atoms with Crippen LogP contribution in [0.3, 0.4) is 0 Å². The second-order valence-corrected chi connectivity index (χ2v) is 23.7. The van der Waals surface area contributed by atoms with E-state index in [9.17, 15) is 112 Å². The van der Waals surface area contributed by atoms with E-state index in [0.717, 1.165) is 0 Å². The second kappa shape index (κ2) is 40.2. The monoisotopic (exact) mass is 1440 g/mol. The Balaban J connectivity index is 1.16. The van der Waals surface area contributed by atoms with Gasteiger partial charge >= 0.3 is 29.8 Å². The van der Waals surface area contributed by atoms with Gasteiger partial charge in [0.15, 0.2) is 0 Å². The van der Waals surface area contributed by atoms with Gasteiger partial charge < -0.3 is 94.7 Å². The van der Waals surface area contributed by atoms with Crippen molar-refractivity contribution in [3.8, 4) is 11.8 Å². The van der Waals surface area contributed by atoms with Crippen LogP contribution in [0.4, 0.5) is 5.69 Å². The predicted octanol–water partition coefficient (Wildman–Crippen LogP) is -4.06. The molecule has 0 aliphatic carbocycles. The molecule has 8 atom stereocenters. The van der Waals surface area contributed by atoms with Gasteiger partial charge in [-0.15, -0.1) is 0 Å². The molecule has 0 spiro atoms. The molecule has 13 amide bonds. The normalized spacial score (nSPS) is 13.4. The molecule has 0 saturated heterocycles. The SMILES string of the molecule is CC(C)[C@H](NC(=O)[C@H](Cc1ccccc1)NC(=O)[C@H](Cc1ccccc1)NC(=O)[C@H](CC(=O)O)NC(=O)[C@H](CC(=O)O)NC(=O)[C@H](CC(=O)O)NC(=O)CNC(=O)CNC(=O)CNC(=O)[C@H](CC(=O)O)NC(=O)[C@H](CC(=O)O)NC(=O)CCC(=O)N1Cc2ccccc2C#Cc2ccccc21)C(N)=O. The van der Waals surface area contributed by atoms with E-state index in [1.165, 1.54) is 4.90 Å². The highest BCUT2D eigenvalue weighted by Gasteiger charge is 2.37. The molecule has 4 aromatic carbocycles. The first-order valence-electron chi connectivity index (χ1n) is 31.9. The van der Waals surface area contributed by atoms with E-state index in [2.05, 4.69) is 33.1 Å². The Morgan fingerprint density at radius 1 is 0.385 bits per heavy atom. The van der Waals surface area contributed by atoms with Gasteiger partial charge in [0.05, 0.1) is 64.0 Å². The first-order valence-corrected chi connectivity index (χ1v) is 31.9. The molecule has 552 valence electrons. The third-order valence-electron chi connectivity index (χ3n) is 15.3. The van der Waals surface area contributed by atoms with Crippen LogP contribution in [0.2, 0.25) is 0 Å². The molecule has 18 N–H and O–H groups in total. The summed E-state index contributed by atoms with van der Waals surface area (Å²) in [6, 6.07) is 15.3. The van der Waals surface area contributed by atoms with Gasteiger partial charge in [0.2, 0.25) is 76.8 Å². The molecular weight excluding hydrogens is 1370 g/mol. The predicted molar refractivity (Wildman–Crippen MR) is 359 cm³/mol. The number of rotatable bonds is 40. The average molecular weight is 1440 g/mol. The molecule has 0 bridgehead atoms. The third-order valence-corrected chi connectivity index (χ3v) is 15.3. The van der Waals surface area contributed by atoms with Crippen molar-refractivity contribution in [1.29, 1.82) is 0 Å². The number of benzene rings is 4. The summed E-state index contributed by atoms with van der Waals surface area (Å²) >= 11 is 0. The fourth-order valence-electron chi connectivity index (χ4n) is 10.1. The molecule has 1 aliphatic rings. The number of primary amides is 1. The number of nitrogens with one attached hydrogen (secondary N) is 11. The maximum atomic E-state index is 14.3. The molecule has 104 heavy (non-hydrogen) atoms. The fraction of sp³-hybridized carbons (Fsp3) is 0.353. The number of hydrogen-bond acceptors (Lipinski definition) is 18. The van der Waals surface area contributed by atoms with Crippen molar-refractivity contribution >= 4 is 112 Å². The van der Waals surface area contributed by atoms with Crippen LogP contribution < -0.4 is 69.1 Å². The Morgan fingerprint density at radius 3 is 1.17 bits per heavy atom. The quantitative estimate of drug-likeness (QED) is 0.0188. The largest absolute Gasteiger partial charge is 0.481 e. The summed E-state index contributed by atoms with van der Waals surface area (Å²) < 4.78 is 0. The number of carboxylic acids is 5. The molecule has 0 fully saturated rings. The number of carboxylic acid groups (broad SMARTS) is 5. The van der Waals surface area contributed by atoms with Crippen molar-refractivity contribution in [2.45, 2.75) is 127 Å². The number of hydrogen-bond donors (Lipinski definition) is 17. The Bertz CT molecular complexity index is 3970. The highest BCUT2D eigenvalue weighted by Crippen LogP contribution is 2.26. The number of carbonyl (C=O) groups is 18. The topological polar surface area (TPSA) is 570 Å². The van der Waals surface area contributed by atoms with Crippen LogP contribution >= 0.6 is 0 Å². The number of anilines is 1. The molecule has 1 aliphatic heterocycles. The smallest absolute Gasteiger partial charge is 0.305 e. The summed E-state index contributed by atoms with van der Waals surface area (Å²) in [5, 5.41) is 72.0. The minimum atomic E-state index is -2.26. The number of nitrogens with zero attached hydrogens (tertiary/aromatic N) is 1. The zero-order valence-corrected chi connectivity index (χ0v) is 55.9. The van der Waals surface area contributed by atoms with Gasteiger partial charge in [-0.25, -0.2) is 0 Å². The summed E-state index contributed by atoms with van der Waals surface area (Å²) in [4.78, 5) is 235. The summed E-state index contributed by atoms with van der Waals surface area (Å²) in [5.41, 5.74) is 8.86. The molecule has 0 radical (unpaired) electrons. The lowest BCUT2D eigenvalue weighted by Gasteiger charge is -2.27. The van der Waals surface area contributed by atoms with Gasteiger partial charge in [-0.05, 0) is 40.8 Å². The average Bonchev–Trinajstić information content (AvgIpc) is 0.804. The minimum Gasteiger partial charge on any atom is -0.481 e. The van der Waals surface area contributed by atoms with E-state index in [4.69, 9.17) is 5.73 Å². The van der Waals surface area contributed by atoms with E-state index in [-0.39, 0.29) is 19.4 Å². The zero-order valence-electron chi connectivity index (χ0n) is 55.9. The number of nitrogens with two attached hydrogens (primary N) is 1. The first-order chi connectivity index (χ1) is 49.3. The first kappa shape index (κ1) is 81.6. The summed E-state index contributed by atoms with van der Waals surface area (Å²) in [7, 11) is 0. The molecule has 4 aromatic rings. The van der Waals surface area contributed by atoms with Crippen molar-refractivity contribution in [2.75, 3.05) is 24.5 Å². The lowest BCUT2D eigenvalue weighted by molar-refractivity contribution is -0.144. The summed E-state index contributed by atoms with van der Waals surface area (Å²) in [6.45, 7) is 0.282. The lowest BCUT2D eigenvalue weighted by Crippen LogP contribution is -2.61. The zero-order chi connectivity index (χ0) is 76.7. The van der Waals surface area contributed by atoms with Crippen LogP contribution in [0.25, 0.3) is 0 Å². The number of fused-ring (bicyclic) bond motifs is 2.